The van der Waals surface area contributed by atoms with Crippen LogP contribution < -0.4 is 0 Å². The molecule has 0 radical (unpaired) electrons. The van der Waals surface area contributed by atoms with Crippen molar-refractivity contribution in [2.45, 2.75) is 39.7 Å². The number of aromatic nitrogens is 2. The summed E-state index contributed by atoms with van der Waals surface area (Å²) in [5.41, 5.74) is 5.96. The maximum absolute atomic E-state index is 13.2. The van der Waals surface area contributed by atoms with Gasteiger partial charge in [0.25, 0.3) is 5.91 Å². The number of aromatic amines is 1. The van der Waals surface area contributed by atoms with E-state index in [4.69, 9.17) is 0 Å². The largest absolute Gasteiger partial charge is 0.326 e. The van der Waals surface area contributed by atoms with E-state index in [-0.39, 0.29) is 11.9 Å². The van der Waals surface area contributed by atoms with Gasteiger partial charge in [-0.2, -0.15) is 5.10 Å². The zero-order valence-electron chi connectivity index (χ0n) is 16.9. The van der Waals surface area contributed by atoms with Gasteiger partial charge in [0, 0.05) is 17.7 Å². The van der Waals surface area contributed by atoms with Crippen LogP contribution in [0.5, 0.6) is 0 Å². The summed E-state index contributed by atoms with van der Waals surface area (Å²) in [5.74, 6) is 0.908. The Balaban J connectivity index is 1.85. The molecule has 2 heterocycles. The molecule has 144 valence electrons. The molecule has 3 aromatic rings. The fourth-order valence-corrected chi connectivity index (χ4v) is 4.00. The lowest BCUT2D eigenvalue weighted by atomic mass is 9.93. The van der Waals surface area contributed by atoms with E-state index in [0.29, 0.717) is 24.1 Å². The van der Waals surface area contributed by atoms with Gasteiger partial charge in [-0.25, -0.2) is 0 Å². The zero-order valence-corrected chi connectivity index (χ0v) is 16.9. The second-order valence-electron chi connectivity index (χ2n) is 8.30. The van der Waals surface area contributed by atoms with E-state index in [9.17, 15) is 4.79 Å². The Hall–Kier alpha value is -2.88. The van der Waals surface area contributed by atoms with Crippen LogP contribution in [0.3, 0.4) is 0 Å². The number of nitrogens with zero attached hydrogens (tertiary/aromatic N) is 2. The molecule has 0 fully saturated rings. The van der Waals surface area contributed by atoms with Crippen molar-refractivity contribution in [1.82, 2.24) is 15.1 Å². The van der Waals surface area contributed by atoms with E-state index in [2.05, 4.69) is 62.2 Å². The van der Waals surface area contributed by atoms with Crippen molar-refractivity contribution in [2.24, 2.45) is 5.92 Å². The molecule has 4 rings (SSSR count). The number of hydrogen-bond acceptors (Lipinski definition) is 2. The number of nitrogens with one attached hydrogen (secondary N) is 1. The lowest BCUT2D eigenvalue weighted by molar-refractivity contribution is 0.0722. The number of carbonyl (C=O) groups excluding carboxylic acids is 1. The topological polar surface area (TPSA) is 49.0 Å². The summed E-state index contributed by atoms with van der Waals surface area (Å²) in [7, 11) is 0. The molecule has 1 N–H and O–H groups in total. The normalized spacial score (nSPS) is 16.3. The quantitative estimate of drug-likeness (QED) is 0.651. The summed E-state index contributed by atoms with van der Waals surface area (Å²) in [6, 6.07) is 18.7. The standard InChI is InChI=1S/C24H27N3O/c1-15(2)14-27-23(19-12-10-17(11-13-19)16(3)4)20-21(18-8-6-5-7-9-18)25-26-22(20)24(27)28/h5-13,15-16,23H,14H2,1-4H3,(H,25,26). The van der Waals surface area contributed by atoms with Gasteiger partial charge in [-0.1, -0.05) is 82.3 Å². The van der Waals surface area contributed by atoms with Crippen LogP contribution in [-0.2, 0) is 0 Å². The number of amides is 1. The van der Waals surface area contributed by atoms with Crippen molar-refractivity contribution in [3.05, 3.63) is 77.0 Å². The first kappa shape index (κ1) is 18.5. The van der Waals surface area contributed by atoms with Gasteiger partial charge in [0.1, 0.15) is 5.69 Å². The molecule has 0 bridgehead atoms. The first-order valence-corrected chi connectivity index (χ1v) is 10.0. The van der Waals surface area contributed by atoms with Gasteiger partial charge in [0.05, 0.1) is 11.7 Å². The minimum Gasteiger partial charge on any atom is -0.326 e. The molecule has 1 unspecified atom stereocenters. The molecule has 1 atom stereocenters. The third-order valence-electron chi connectivity index (χ3n) is 5.39. The minimum absolute atomic E-state index is 0.0383. The fourth-order valence-electron chi connectivity index (χ4n) is 4.00. The minimum atomic E-state index is -0.111. The molecule has 28 heavy (non-hydrogen) atoms. The summed E-state index contributed by atoms with van der Waals surface area (Å²) in [4.78, 5) is 15.2. The summed E-state index contributed by atoms with van der Waals surface area (Å²) in [6.07, 6.45) is 0. The SMILES string of the molecule is CC(C)CN1C(=O)c2[nH]nc(-c3ccccc3)c2C1c1ccc(C(C)C)cc1. The number of rotatable bonds is 5. The summed E-state index contributed by atoms with van der Waals surface area (Å²) >= 11 is 0. The van der Waals surface area contributed by atoms with Crippen LogP contribution >= 0.6 is 0 Å². The number of benzene rings is 2. The van der Waals surface area contributed by atoms with Gasteiger partial charge in [0.15, 0.2) is 0 Å². The molecule has 0 spiro atoms. The van der Waals surface area contributed by atoms with E-state index < -0.39 is 0 Å². The predicted molar refractivity (Wildman–Crippen MR) is 112 cm³/mol. The average molecular weight is 374 g/mol. The smallest absolute Gasteiger partial charge is 0.273 e. The molecule has 4 nitrogen and oxygen atoms in total. The number of H-pyrrole nitrogens is 1. The molecule has 0 saturated carbocycles. The van der Waals surface area contributed by atoms with Crippen molar-refractivity contribution in [2.75, 3.05) is 6.54 Å². The highest BCUT2D eigenvalue weighted by Crippen LogP contribution is 2.43. The van der Waals surface area contributed by atoms with Crippen molar-refractivity contribution >= 4 is 5.91 Å². The first-order chi connectivity index (χ1) is 13.5. The zero-order chi connectivity index (χ0) is 19.8. The number of fused-ring (bicyclic) bond motifs is 1. The Bertz CT molecular complexity index is 971. The van der Waals surface area contributed by atoms with Crippen molar-refractivity contribution in [3.8, 4) is 11.3 Å². The van der Waals surface area contributed by atoms with Gasteiger partial charge >= 0.3 is 0 Å². The van der Waals surface area contributed by atoms with Crippen LogP contribution in [0.4, 0.5) is 0 Å². The van der Waals surface area contributed by atoms with Crippen LogP contribution in [0, 0.1) is 5.92 Å². The maximum Gasteiger partial charge on any atom is 0.273 e. The highest BCUT2D eigenvalue weighted by molar-refractivity contribution is 6.00. The van der Waals surface area contributed by atoms with Crippen LogP contribution in [0.15, 0.2) is 54.6 Å². The molecular formula is C24H27N3O. The summed E-state index contributed by atoms with van der Waals surface area (Å²) < 4.78 is 0. The third kappa shape index (κ3) is 3.13. The average Bonchev–Trinajstić information content (AvgIpc) is 3.22. The van der Waals surface area contributed by atoms with Crippen LogP contribution in [0.25, 0.3) is 11.3 Å². The van der Waals surface area contributed by atoms with Gasteiger partial charge in [-0.15, -0.1) is 0 Å². The molecule has 2 aromatic carbocycles. The summed E-state index contributed by atoms with van der Waals surface area (Å²) in [6.45, 7) is 9.40. The second-order valence-corrected chi connectivity index (χ2v) is 8.30. The highest BCUT2D eigenvalue weighted by atomic mass is 16.2. The Morgan fingerprint density at radius 1 is 1.00 bits per heavy atom. The molecule has 1 aliphatic rings. The lowest BCUT2D eigenvalue weighted by Crippen LogP contribution is -2.32. The molecule has 0 aliphatic carbocycles. The van der Waals surface area contributed by atoms with E-state index >= 15 is 0 Å². The van der Waals surface area contributed by atoms with Crippen LogP contribution in [-0.4, -0.2) is 27.5 Å². The molecule has 1 aromatic heterocycles. The Labute approximate surface area is 166 Å². The highest BCUT2D eigenvalue weighted by Gasteiger charge is 2.42. The first-order valence-electron chi connectivity index (χ1n) is 10.0. The van der Waals surface area contributed by atoms with E-state index in [0.717, 1.165) is 22.4 Å². The number of carbonyl (C=O) groups is 1. The van der Waals surface area contributed by atoms with Gasteiger partial charge in [-0.05, 0) is 23.0 Å². The summed E-state index contributed by atoms with van der Waals surface area (Å²) in [5, 5.41) is 7.55. The molecule has 4 heteroatoms. The Morgan fingerprint density at radius 2 is 1.68 bits per heavy atom. The predicted octanol–water partition coefficient (Wildman–Crippen LogP) is 5.40. The maximum atomic E-state index is 13.2. The van der Waals surface area contributed by atoms with Crippen molar-refractivity contribution < 1.29 is 4.79 Å². The third-order valence-corrected chi connectivity index (χ3v) is 5.39. The fraction of sp³-hybridized carbons (Fsp3) is 0.333. The van der Waals surface area contributed by atoms with Crippen LogP contribution in [0.2, 0.25) is 0 Å². The van der Waals surface area contributed by atoms with Crippen LogP contribution in [0.1, 0.15) is 66.8 Å². The van der Waals surface area contributed by atoms with Gasteiger partial charge in [-0.3, -0.25) is 9.89 Å². The van der Waals surface area contributed by atoms with Crippen molar-refractivity contribution in [3.63, 3.8) is 0 Å². The number of hydrogen-bond donors (Lipinski definition) is 1. The molecule has 1 aliphatic heterocycles. The molecular weight excluding hydrogens is 346 g/mol. The van der Waals surface area contributed by atoms with E-state index in [1.54, 1.807) is 0 Å². The van der Waals surface area contributed by atoms with E-state index in [1.165, 1.54) is 5.56 Å². The molecule has 1 amide bonds. The molecule has 0 saturated heterocycles. The monoisotopic (exact) mass is 373 g/mol. The van der Waals surface area contributed by atoms with E-state index in [1.807, 2.05) is 35.2 Å². The Morgan fingerprint density at radius 3 is 2.29 bits per heavy atom. The van der Waals surface area contributed by atoms with Gasteiger partial charge < -0.3 is 4.90 Å². The van der Waals surface area contributed by atoms with Gasteiger partial charge in [0.2, 0.25) is 0 Å². The van der Waals surface area contributed by atoms with Crippen molar-refractivity contribution in [1.29, 1.82) is 0 Å². The Kier molecular flexibility index (Phi) is 4.80. The lowest BCUT2D eigenvalue weighted by Gasteiger charge is -2.28. The second kappa shape index (κ2) is 7.27.